The van der Waals surface area contributed by atoms with E-state index in [-0.39, 0.29) is 18.1 Å². The maximum absolute atomic E-state index is 14.5. The van der Waals surface area contributed by atoms with Crippen molar-refractivity contribution in [2.75, 3.05) is 6.61 Å². The molecule has 2 aromatic carbocycles. The van der Waals surface area contributed by atoms with Crippen LogP contribution >= 0.6 is 15.9 Å². The number of hydrogen-bond acceptors (Lipinski definition) is 3. The average molecular weight is 431 g/mol. The van der Waals surface area contributed by atoms with Crippen molar-refractivity contribution < 1.29 is 13.9 Å². The molecule has 0 radical (unpaired) electrons. The lowest BCUT2D eigenvalue weighted by Gasteiger charge is -2.26. The van der Waals surface area contributed by atoms with Crippen LogP contribution in [0.3, 0.4) is 0 Å². The first-order valence-corrected chi connectivity index (χ1v) is 9.42. The van der Waals surface area contributed by atoms with E-state index in [9.17, 15) is 9.18 Å². The molecule has 0 unspecified atom stereocenters. The van der Waals surface area contributed by atoms with Gasteiger partial charge in [-0.1, -0.05) is 34.1 Å². The molecular formula is C21H20BrFN2O2. The van der Waals surface area contributed by atoms with Crippen molar-refractivity contribution in [1.29, 1.82) is 0 Å². The molecule has 0 bridgehead atoms. The number of carbonyl (C=O) groups is 1. The van der Waals surface area contributed by atoms with Gasteiger partial charge in [0.05, 0.1) is 12.0 Å². The summed E-state index contributed by atoms with van der Waals surface area (Å²) in [5.74, 6) is -0.262. The van der Waals surface area contributed by atoms with Crippen LogP contribution in [0, 0.1) is 5.82 Å². The highest BCUT2D eigenvalue weighted by Crippen LogP contribution is 2.34. The number of benzene rings is 2. The summed E-state index contributed by atoms with van der Waals surface area (Å²) in [6, 6.07) is 14.2. The molecule has 0 amide bonds. The standard InChI is InChI=1S/C21H20BrFN2O2/c1-4-27-19(26)18-13-25(15-11-9-14(22)10-12-15)20(24-18)21(2,3)16-7-5-6-8-17(16)23/h5-13H,4H2,1-3H3. The minimum Gasteiger partial charge on any atom is -0.461 e. The largest absolute Gasteiger partial charge is 0.461 e. The van der Waals surface area contributed by atoms with Gasteiger partial charge in [-0.3, -0.25) is 0 Å². The monoisotopic (exact) mass is 430 g/mol. The second-order valence-corrected chi connectivity index (χ2v) is 7.54. The lowest BCUT2D eigenvalue weighted by molar-refractivity contribution is 0.0520. The van der Waals surface area contributed by atoms with Gasteiger partial charge in [-0.15, -0.1) is 0 Å². The summed E-state index contributed by atoms with van der Waals surface area (Å²) >= 11 is 3.42. The van der Waals surface area contributed by atoms with Gasteiger partial charge in [-0.05, 0) is 51.1 Å². The summed E-state index contributed by atoms with van der Waals surface area (Å²) in [6.07, 6.45) is 1.64. The first-order chi connectivity index (χ1) is 12.8. The zero-order valence-corrected chi connectivity index (χ0v) is 17.0. The highest BCUT2D eigenvalue weighted by molar-refractivity contribution is 9.10. The van der Waals surface area contributed by atoms with Crippen LogP contribution in [0.15, 0.2) is 59.2 Å². The lowest BCUT2D eigenvalue weighted by atomic mass is 9.83. The fourth-order valence-corrected chi connectivity index (χ4v) is 3.28. The van der Waals surface area contributed by atoms with Gasteiger partial charge in [0.15, 0.2) is 5.69 Å². The van der Waals surface area contributed by atoms with Gasteiger partial charge in [-0.25, -0.2) is 14.2 Å². The molecule has 0 aliphatic heterocycles. The van der Waals surface area contributed by atoms with Gasteiger partial charge in [0.2, 0.25) is 0 Å². The van der Waals surface area contributed by atoms with Crippen LogP contribution in [0.25, 0.3) is 5.69 Å². The molecule has 0 aliphatic carbocycles. The first-order valence-electron chi connectivity index (χ1n) is 8.62. The van der Waals surface area contributed by atoms with Crippen molar-refractivity contribution in [3.05, 3.63) is 82.1 Å². The van der Waals surface area contributed by atoms with Crippen LogP contribution in [-0.2, 0) is 10.2 Å². The number of carbonyl (C=O) groups excluding carboxylic acids is 1. The molecule has 3 aromatic rings. The van der Waals surface area contributed by atoms with Crippen LogP contribution in [-0.4, -0.2) is 22.1 Å². The molecule has 0 atom stereocenters. The minimum absolute atomic E-state index is 0.194. The number of aromatic nitrogens is 2. The Morgan fingerprint density at radius 3 is 2.48 bits per heavy atom. The van der Waals surface area contributed by atoms with Crippen molar-refractivity contribution in [2.24, 2.45) is 0 Å². The first kappa shape index (κ1) is 19.3. The van der Waals surface area contributed by atoms with Crippen molar-refractivity contribution in [1.82, 2.24) is 9.55 Å². The Balaban J connectivity index is 2.19. The summed E-state index contributed by atoms with van der Waals surface area (Å²) in [7, 11) is 0. The number of rotatable bonds is 5. The molecule has 4 nitrogen and oxygen atoms in total. The molecule has 1 aromatic heterocycles. The van der Waals surface area contributed by atoms with Gasteiger partial charge in [0.1, 0.15) is 11.6 Å². The Hall–Kier alpha value is -2.47. The summed E-state index contributed by atoms with van der Waals surface area (Å²) in [5.41, 5.74) is 0.743. The van der Waals surface area contributed by atoms with E-state index < -0.39 is 11.4 Å². The van der Waals surface area contributed by atoms with E-state index in [2.05, 4.69) is 20.9 Å². The Morgan fingerprint density at radius 2 is 1.85 bits per heavy atom. The van der Waals surface area contributed by atoms with Crippen molar-refractivity contribution in [3.8, 4) is 5.69 Å². The third-order valence-electron chi connectivity index (χ3n) is 4.40. The normalized spacial score (nSPS) is 11.4. The number of nitrogens with zero attached hydrogens (tertiary/aromatic N) is 2. The molecule has 0 N–H and O–H groups in total. The second-order valence-electron chi connectivity index (χ2n) is 6.62. The number of hydrogen-bond donors (Lipinski definition) is 0. The van der Waals surface area contributed by atoms with Crippen molar-refractivity contribution in [2.45, 2.75) is 26.2 Å². The molecule has 0 saturated heterocycles. The van der Waals surface area contributed by atoms with E-state index in [1.54, 1.807) is 31.3 Å². The number of ether oxygens (including phenoxy) is 1. The maximum atomic E-state index is 14.5. The predicted octanol–water partition coefficient (Wildman–Crippen LogP) is 5.28. The van der Waals surface area contributed by atoms with Crippen molar-refractivity contribution in [3.63, 3.8) is 0 Å². The van der Waals surface area contributed by atoms with Gasteiger partial charge in [0, 0.05) is 21.9 Å². The zero-order chi connectivity index (χ0) is 19.6. The molecule has 0 fully saturated rings. The lowest BCUT2D eigenvalue weighted by Crippen LogP contribution is -2.25. The average Bonchev–Trinajstić information content (AvgIpc) is 3.09. The fourth-order valence-electron chi connectivity index (χ4n) is 3.01. The van der Waals surface area contributed by atoms with E-state index in [1.807, 2.05) is 42.7 Å². The maximum Gasteiger partial charge on any atom is 0.358 e. The van der Waals surface area contributed by atoms with Crippen LogP contribution in [0.4, 0.5) is 4.39 Å². The molecular weight excluding hydrogens is 411 g/mol. The molecule has 3 rings (SSSR count). The number of halogens is 2. The SMILES string of the molecule is CCOC(=O)c1cn(-c2ccc(Br)cc2)c(C(C)(C)c2ccccc2F)n1. The predicted molar refractivity (Wildman–Crippen MR) is 106 cm³/mol. The fraction of sp³-hybridized carbons (Fsp3) is 0.238. The Kier molecular flexibility index (Phi) is 5.46. The van der Waals surface area contributed by atoms with E-state index in [1.165, 1.54) is 6.07 Å². The second kappa shape index (κ2) is 7.64. The third kappa shape index (κ3) is 3.81. The van der Waals surface area contributed by atoms with E-state index in [0.29, 0.717) is 11.4 Å². The summed E-state index contributed by atoms with van der Waals surface area (Å²) in [4.78, 5) is 16.8. The smallest absolute Gasteiger partial charge is 0.358 e. The van der Waals surface area contributed by atoms with Gasteiger partial charge in [-0.2, -0.15) is 0 Å². The highest BCUT2D eigenvalue weighted by atomic mass is 79.9. The number of esters is 1. The molecule has 27 heavy (non-hydrogen) atoms. The summed E-state index contributed by atoms with van der Waals surface area (Å²) < 4.78 is 22.4. The minimum atomic E-state index is -0.775. The molecule has 0 saturated carbocycles. The Bertz CT molecular complexity index is 965. The Morgan fingerprint density at radius 1 is 1.19 bits per heavy atom. The summed E-state index contributed by atoms with van der Waals surface area (Å²) in [5, 5.41) is 0. The van der Waals surface area contributed by atoms with Gasteiger partial charge < -0.3 is 9.30 Å². The highest BCUT2D eigenvalue weighted by Gasteiger charge is 2.33. The van der Waals surface area contributed by atoms with Gasteiger partial charge in [0.25, 0.3) is 0 Å². The zero-order valence-electron chi connectivity index (χ0n) is 15.4. The van der Waals surface area contributed by atoms with Crippen LogP contribution in [0.5, 0.6) is 0 Å². The molecule has 140 valence electrons. The quantitative estimate of drug-likeness (QED) is 0.517. The molecule has 0 aliphatic rings. The molecule has 1 heterocycles. The van der Waals surface area contributed by atoms with Crippen molar-refractivity contribution >= 4 is 21.9 Å². The van der Waals surface area contributed by atoms with Crippen LogP contribution in [0.1, 0.15) is 42.6 Å². The van der Waals surface area contributed by atoms with Gasteiger partial charge >= 0.3 is 5.97 Å². The van der Waals surface area contributed by atoms with E-state index in [0.717, 1.165) is 10.2 Å². The molecule has 6 heteroatoms. The topological polar surface area (TPSA) is 44.1 Å². The van der Waals surface area contributed by atoms with E-state index in [4.69, 9.17) is 4.74 Å². The van der Waals surface area contributed by atoms with E-state index >= 15 is 0 Å². The molecule has 0 spiro atoms. The van der Waals surface area contributed by atoms with Crippen LogP contribution < -0.4 is 0 Å². The summed E-state index contributed by atoms with van der Waals surface area (Å²) in [6.45, 7) is 5.78. The third-order valence-corrected chi connectivity index (χ3v) is 4.93. The van der Waals surface area contributed by atoms with Crippen LogP contribution in [0.2, 0.25) is 0 Å². The Labute approximate surface area is 166 Å². The number of imidazole rings is 1.